The van der Waals surface area contributed by atoms with Gasteiger partial charge in [-0.15, -0.1) is 0 Å². The molecule has 2 aromatic rings. The number of carbonyl (C=O) groups excluding carboxylic acids is 3. The molecule has 2 aromatic carbocycles. The van der Waals surface area contributed by atoms with Crippen LogP contribution in [0.1, 0.15) is 59.3 Å². The predicted octanol–water partition coefficient (Wildman–Crippen LogP) is 2.42. The maximum Gasteiger partial charge on any atom is 0.255 e. The number of carbonyl (C=O) groups is 3. The number of amides is 3. The van der Waals surface area contributed by atoms with E-state index >= 15 is 0 Å². The monoisotopic (exact) mass is 446 g/mol. The molecule has 3 aliphatic rings. The van der Waals surface area contributed by atoms with E-state index in [2.05, 4.69) is 27.7 Å². The van der Waals surface area contributed by atoms with Crippen molar-refractivity contribution in [1.29, 1.82) is 0 Å². The maximum atomic E-state index is 13.1. The molecule has 2 atom stereocenters. The Balaban J connectivity index is 1.20. The lowest BCUT2D eigenvalue weighted by Crippen LogP contribution is -2.45. The first-order valence-electron chi connectivity index (χ1n) is 11.9. The minimum Gasteiger partial charge on any atom is -0.353 e. The first kappa shape index (κ1) is 21.6. The van der Waals surface area contributed by atoms with Crippen LogP contribution in [-0.4, -0.2) is 59.7 Å². The van der Waals surface area contributed by atoms with Crippen LogP contribution in [0.2, 0.25) is 0 Å². The summed E-state index contributed by atoms with van der Waals surface area (Å²) < 4.78 is 0. The van der Waals surface area contributed by atoms with Crippen molar-refractivity contribution in [2.24, 2.45) is 0 Å². The Hall–Kier alpha value is -3.19. The van der Waals surface area contributed by atoms with E-state index in [0.717, 1.165) is 31.5 Å². The van der Waals surface area contributed by atoms with Gasteiger partial charge in [0, 0.05) is 18.2 Å². The highest BCUT2D eigenvalue weighted by atomic mass is 16.2. The van der Waals surface area contributed by atoms with Gasteiger partial charge in [0.1, 0.15) is 6.04 Å². The van der Waals surface area contributed by atoms with E-state index < -0.39 is 6.04 Å². The van der Waals surface area contributed by atoms with E-state index in [-0.39, 0.29) is 36.3 Å². The fraction of sp³-hybridized carbons (Fsp3) is 0.423. The third kappa shape index (κ3) is 4.50. The standard InChI is InChI=1S/C26H30N4O3/c31-23(27-16-22(29-14-6-7-15-29)18-8-2-1-3-9-18)17-28-25(32)24-20-10-4-5-11-21(20)26(33)30(24)19-12-13-19/h1-5,8-11,19,22,24H,6-7,12-17H2,(H,27,31)(H,28,32). The number of hydrogen-bond acceptors (Lipinski definition) is 4. The highest BCUT2D eigenvalue weighted by molar-refractivity contribution is 6.05. The summed E-state index contributed by atoms with van der Waals surface area (Å²) in [7, 11) is 0. The molecule has 1 aliphatic carbocycles. The summed E-state index contributed by atoms with van der Waals surface area (Å²) in [5.41, 5.74) is 2.50. The summed E-state index contributed by atoms with van der Waals surface area (Å²) in [5, 5.41) is 5.78. The zero-order chi connectivity index (χ0) is 22.8. The van der Waals surface area contributed by atoms with Gasteiger partial charge in [0.25, 0.3) is 5.91 Å². The molecule has 0 spiro atoms. The molecule has 1 saturated heterocycles. The number of fused-ring (bicyclic) bond motifs is 1. The maximum absolute atomic E-state index is 13.1. The summed E-state index contributed by atoms with van der Waals surface area (Å²) in [4.78, 5) is 42.6. The predicted molar refractivity (Wildman–Crippen MR) is 124 cm³/mol. The topological polar surface area (TPSA) is 81.8 Å². The van der Waals surface area contributed by atoms with Crippen LogP contribution >= 0.6 is 0 Å². The Morgan fingerprint density at radius 1 is 0.939 bits per heavy atom. The van der Waals surface area contributed by atoms with Crippen molar-refractivity contribution < 1.29 is 14.4 Å². The zero-order valence-electron chi connectivity index (χ0n) is 18.7. The lowest BCUT2D eigenvalue weighted by atomic mass is 10.0. The Bertz CT molecular complexity index is 1030. The normalized spacial score (nSPS) is 21.0. The van der Waals surface area contributed by atoms with Crippen molar-refractivity contribution in [3.63, 3.8) is 0 Å². The van der Waals surface area contributed by atoms with Gasteiger partial charge >= 0.3 is 0 Å². The molecule has 172 valence electrons. The Kier molecular flexibility index (Phi) is 6.13. The zero-order valence-corrected chi connectivity index (χ0v) is 18.7. The van der Waals surface area contributed by atoms with E-state index in [1.807, 2.05) is 36.4 Å². The smallest absolute Gasteiger partial charge is 0.255 e. The molecule has 0 radical (unpaired) electrons. The van der Waals surface area contributed by atoms with Gasteiger partial charge in [0.05, 0.1) is 12.6 Å². The molecule has 0 bridgehead atoms. The van der Waals surface area contributed by atoms with Gasteiger partial charge in [-0.3, -0.25) is 19.3 Å². The van der Waals surface area contributed by atoms with Gasteiger partial charge in [0.15, 0.2) is 0 Å². The molecule has 2 heterocycles. The van der Waals surface area contributed by atoms with Crippen molar-refractivity contribution in [3.05, 3.63) is 71.3 Å². The molecule has 2 fully saturated rings. The van der Waals surface area contributed by atoms with Crippen LogP contribution in [0.15, 0.2) is 54.6 Å². The van der Waals surface area contributed by atoms with Gasteiger partial charge in [0.2, 0.25) is 11.8 Å². The number of nitrogens with zero attached hydrogens (tertiary/aromatic N) is 2. The van der Waals surface area contributed by atoms with E-state index in [0.29, 0.717) is 12.1 Å². The molecule has 2 unspecified atom stereocenters. The third-order valence-corrected chi connectivity index (χ3v) is 6.87. The first-order chi connectivity index (χ1) is 16.1. The van der Waals surface area contributed by atoms with E-state index in [9.17, 15) is 14.4 Å². The Morgan fingerprint density at radius 3 is 2.36 bits per heavy atom. The van der Waals surface area contributed by atoms with Crippen LogP contribution in [0.25, 0.3) is 0 Å². The summed E-state index contributed by atoms with van der Waals surface area (Å²) >= 11 is 0. The van der Waals surface area contributed by atoms with E-state index in [4.69, 9.17) is 0 Å². The summed E-state index contributed by atoms with van der Waals surface area (Å²) in [5.74, 6) is -0.609. The van der Waals surface area contributed by atoms with Gasteiger partial charge in [-0.2, -0.15) is 0 Å². The highest BCUT2D eigenvalue weighted by Crippen LogP contribution is 2.41. The second kappa shape index (κ2) is 9.35. The van der Waals surface area contributed by atoms with Crippen molar-refractivity contribution in [2.75, 3.05) is 26.2 Å². The minimum atomic E-state index is -0.657. The van der Waals surface area contributed by atoms with Crippen LogP contribution in [0.5, 0.6) is 0 Å². The number of likely N-dealkylation sites (tertiary alicyclic amines) is 1. The molecule has 7 nitrogen and oxygen atoms in total. The number of rotatable bonds is 8. The second-order valence-corrected chi connectivity index (χ2v) is 9.12. The summed E-state index contributed by atoms with van der Waals surface area (Å²) in [6.45, 7) is 2.44. The largest absolute Gasteiger partial charge is 0.353 e. The summed E-state index contributed by atoms with van der Waals surface area (Å²) in [6, 6.07) is 17.1. The fourth-order valence-electron chi connectivity index (χ4n) is 5.06. The molecule has 33 heavy (non-hydrogen) atoms. The lowest BCUT2D eigenvalue weighted by molar-refractivity contribution is -0.129. The summed E-state index contributed by atoms with van der Waals surface area (Å²) in [6.07, 6.45) is 4.18. The minimum absolute atomic E-state index is 0.0889. The van der Waals surface area contributed by atoms with E-state index in [1.165, 1.54) is 18.4 Å². The quantitative estimate of drug-likeness (QED) is 0.653. The molecule has 2 N–H and O–H groups in total. The highest BCUT2D eigenvalue weighted by Gasteiger charge is 2.47. The average Bonchev–Trinajstić information content (AvgIpc) is 3.45. The van der Waals surface area contributed by atoms with Crippen molar-refractivity contribution in [3.8, 4) is 0 Å². The van der Waals surface area contributed by atoms with Gasteiger partial charge in [-0.1, -0.05) is 48.5 Å². The molecule has 1 saturated carbocycles. The first-order valence-corrected chi connectivity index (χ1v) is 11.9. The lowest BCUT2D eigenvalue weighted by Gasteiger charge is -2.28. The van der Waals surface area contributed by atoms with Crippen molar-refractivity contribution in [1.82, 2.24) is 20.4 Å². The Morgan fingerprint density at radius 2 is 1.64 bits per heavy atom. The Labute approximate surface area is 194 Å². The van der Waals surface area contributed by atoms with Crippen LogP contribution in [0.4, 0.5) is 0 Å². The second-order valence-electron chi connectivity index (χ2n) is 9.12. The SMILES string of the molecule is O=C(CNC(=O)C1c2ccccc2C(=O)N1C1CC1)NCC(c1ccccc1)N1CCCC1. The van der Waals surface area contributed by atoms with E-state index in [1.54, 1.807) is 11.0 Å². The number of nitrogens with one attached hydrogen (secondary N) is 2. The molecule has 2 aliphatic heterocycles. The molecule has 5 rings (SSSR count). The van der Waals surface area contributed by atoms with Crippen LogP contribution in [0.3, 0.4) is 0 Å². The van der Waals surface area contributed by atoms with Crippen LogP contribution in [-0.2, 0) is 9.59 Å². The molecule has 7 heteroatoms. The van der Waals surface area contributed by atoms with Crippen molar-refractivity contribution in [2.45, 2.75) is 43.8 Å². The van der Waals surface area contributed by atoms with Crippen molar-refractivity contribution >= 4 is 17.7 Å². The van der Waals surface area contributed by atoms with Gasteiger partial charge < -0.3 is 15.5 Å². The average molecular weight is 447 g/mol. The van der Waals surface area contributed by atoms with Crippen LogP contribution < -0.4 is 10.6 Å². The molecular weight excluding hydrogens is 416 g/mol. The molecule has 3 amide bonds. The van der Waals surface area contributed by atoms with Crippen LogP contribution in [0, 0.1) is 0 Å². The molecular formula is C26H30N4O3. The molecule has 0 aromatic heterocycles. The van der Waals surface area contributed by atoms with Gasteiger partial charge in [-0.25, -0.2) is 0 Å². The number of hydrogen-bond donors (Lipinski definition) is 2. The third-order valence-electron chi connectivity index (χ3n) is 6.87. The van der Waals surface area contributed by atoms with Gasteiger partial charge in [-0.05, 0) is 56.0 Å². The number of benzene rings is 2. The fourth-order valence-corrected chi connectivity index (χ4v) is 5.06.